The van der Waals surface area contributed by atoms with Crippen LogP contribution in [0.2, 0.25) is 0 Å². The lowest BCUT2D eigenvalue weighted by Gasteiger charge is -2.04. The Morgan fingerprint density at radius 1 is 1.15 bits per heavy atom. The molecule has 0 bridgehead atoms. The van der Waals surface area contributed by atoms with Gasteiger partial charge in [-0.2, -0.15) is 15.5 Å². The molecule has 3 heterocycles. The summed E-state index contributed by atoms with van der Waals surface area (Å²) in [7, 11) is 1.57. The van der Waals surface area contributed by atoms with Crippen molar-refractivity contribution in [3.8, 4) is 23.1 Å². The molecule has 5 aromatic rings. The van der Waals surface area contributed by atoms with Crippen LogP contribution in [0.4, 0.5) is 5.69 Å². The van der Waals surface area contributed by atoms with E-state index in [4.69, 9.17) is 10.00 Å². The molecule has 3 aromatic heterocycles. The number of amides is 1. The number of nitrogens with zero attached hydrogens (tertiary/aromatic N) is 5. The second-order valence-corrected chi connectivity index (χ2v) is 7.61. The van der Waals surface area contributed by atoms with E-state index in [1.807, 2.05) is 42.5 Å². The number of H-pyrrole nitrogens is 1. The van der Waals surface area contributed by atoms with E-state index in [-0.39, 0.29) is 5.91 Å². The number of ether oxygens (including phenoxy) is 1. The van der Waals surface area contributed by atoms with Crippen LogP contribution in [0.15, 0.2) is 73.2 Å². The predicted molar refractivity (Wildman–Crippen MR) is 126 cm³/mol. The zero-order chi connectivity index (χ0) is 23.5. The maximum atomic E-state index is 12.9. The minimum absolute atomic E-state index is 0.295. The van der Waals surface area contributed by atoms with Gasteiger partial charge >= 0.3 is 0 Å². The monoisotopic (exact) mass is 449 g/mol. The van der Waals surface area contributed by atoms with Gasteiger partial charge in [0, 0.05) is 29.4 Å². The van der Waals surface area contributed by atoms with Crippen molar-refractivity contribution < 1.29 is 9.53 Å². The van der Waals surface area contributed by atoms with Crippen LogP contribution in [0.3, 0.4) is 0 Å². The third-order valence-corrected chi connectivity index (χ3v) is 5.35. The van der Waals surface area contributed by atoms with Crippen LogP contribution in [0.25, 0.3) is 22.0 Å². The average Bonchev–Trinajstić information content (AvgIpc) is 3.50. The average molecular weight is 449 g/mol. The summed E-state index contributed by atoms with van der Waals surface area (Å²) in [6.07, 6.45) is 5.05. The van der Waals surface area contributed by atoms with Gasteiger partial charge < -0.3 is 10.1 Å². The fourth-order valence-corrected chi connectivity index (χ4v) is 3.68. The number of aromatic nitrogens is 5. The van der Waals surface area contributed by atoms with Crippen LogP contribution in [0.5, 0.6) is 5.88 Å². The number of aromatic amines is 1. The molecule has 166 valence electrons. The second kappa shape index (κ2) is 8.88. The number of carbonyl (C=O) groups is 1. The van der Waals surface area contributed by atoms with Gasteiger partial charge in [-0.25, -0.2) is 4.98 Å². The lowest BCUT2D eigenvalue weighted by atomic mass is 10.1. The quantitative estimate of drug-likeness (QED) is 0.404. The number of anilines is 1. The number of hydrogen-bond acceptors (Lipinski definition) is 6. The Morgan fingerprint density at radius 3 is 2.82 bits per heavy atom. The van der Waals surface area contributed by atoms with Crippen molar-refractivity contribution in [1.29, 1.82) is 5.26 Å². The van der Waals surface area contributed by atoms with E-state index in [9.17, 15) is 4.79 Å². The summed E-state index contributed by atoms with van der Waals surface area (Å²) in [5.74, 6) is 0.209. The summed E-state index contributed by atoms with van der Waals surface area (Å²) in [5.41, 5.74) is 5.00. The van der Waals surface area contributed by atoms with Gasteiger partial charge in [0.25, 0.3) is 5.91 Å². The first-order valence-electron chi connectivity index (χ1n) is 10.4. The van der Waals surface area contributed by atoms with E-state index in [0.29, 0.717) is 34.8 Å². The van der Waals surface area contributed by atoms with Crippen LogP contribution in [-0.2, 0) is 6.54 Å². The van der Waals surface area contributed by atoms with Crippen LogP contribution >= 0.6 is 0 Å². The Balaban J connectivity index is 1.31. The Kier molecular flexibility index (Phi) is 5.46. The van der Waals surface area contributed by atoms with Crippen molar-refractivity contribution in [3.05, 3.63) is 90.0 Å². The number of pyridine rings is 1. The fraction of sp³-hybridized carbons (Fsp3) is 0.0800. The van der Waals surface area contributed by atoms with E-state index >= 15 is 0 Å². The van der Waals surface area contributed by atoms with Gasteiger partial charge in [-0.3, -0.25) is 14.6 Å². The zero-order valence-corrected chi connectivity index (χ0v) is 18.2. The van der Waals surface area contributed by atoms with E-state index in [0.717, 1.165) is 22.2 Å². The maximum absolute atomic E-state index is 12.9. The second-order valence-electron chi connectivity index (χ2n) is 7.61. The highest BCUT2D eigenvalue weighted by atomic mass is 16.5. The molecule has 0 saturated carbocycles. The third-order valence-electron chi connectivity index (χ3n) is 5.35. The van der Waals surface area contributed by atoms with Crippen molar-refractivity contribution in [2.24, 2.45) is 0 Å². The number of rotatable bonds is 6. The van der Waals surface area contributed by atoms with Gasteiger partial charge in [-0.05, 0) is 41.5 Å². The number of fused-ring (bicyclic) bond motifs is 1. The van der Waals surface area contributed by atoms with Gasteiger partial charge in [0.1, 0.15) is 0 Å². The van der Waals surface area contributed by atoms with Crippen molar-refractivity contribution in [3.63, 3.8) is 0 Å². The molecule has 34 heavy (non-hydrogen) atoms. The minimum Gasteiger partial charge on any atom is -0.481 e. The first-order valence-corrected chi connectivity index (χ1v) is 10.4. The molecule has 1 amide bonds. The van der Waals surface area contributed by atoms with Crippen LogP contribution < -0.4 is 10.1 Å². The standard InChI is InChI=1S/C25H19N7O2/c1-34-23-8-6-19(12-27-23)18-5-7-21-22(10-18)30-31-24(21)25(33)29-20-13-28-32(15-20)14-17-4-2-3-16(9-17)11-26/h2-10,12-13,15H,14H2,1H3,(H,29,33)(H,30,31). The maximum Gasteiger partial charge on any atom is 0.276 e. The molecular weight excluding hydrogens is 430 g/mol. The van der Waals surface area contributed by atoms with Crippen LogP contribution in [0, 0.1) is 11.3 Å². The first-order chi connectivity index (χ1) is 16.6. The molecular formula is C25H19N7O2. The molecule has 0 atom stereocenters. The molecule has 0 spiro atoms. The van der Waals surface area contributed by atoms with Crippen LogP contribution in [-0.4, -0.2) is 38.0 Å². The normalized spacial score (nSPS) is 10.7. The molecule has 0 unspecified atom stereocenters. The molecule has 0 aliphatic rings. The third kappa shape index (κ3) is 4.20. The number of nitrogens with one attached hydrogen (secondary N) is 2. The van der Waals surface area contributed by atoms with Gasteiger partial charge in [0.2, 0.25) is 5.88 Å². The highest BCUT2D eigenvalue weighted by Gasteiger charge is 2.16. The van der Waals surface area contributed by atoms with Gasteiger partial charge in [0.15, 0.2) is 5.69 Å². The largest absolute Gasteiger partial charge is 0.481 e. The summed E-state index contributed by atoms with van der Waals surface area (Å²) in [5, 5.41) is 24.1. The molecule has 0 radical (unpaired) electrons. The fourth-order valence-electron chi connectivity index (χ4n) is 3.68. The summed E-state index contributed by atoms with van der Waals surface area (Å²) in [6.45, 7) is 0.486. The van der Waals surface area contributed by atoms with Crippen molar-refractivity contribution >= 4 is 22.5 Å². The lowest BCUT2D eigenvalue weighted by Crippen LogP contribution is -2.12. The molecule has 5 rings (SSSR count). The number of carbonyl (C=O) groups excluding carboxylic acids is 1. The smallest absolute Gasteiger partial charge is 0.276 e. The highest BCUT2D eigenvalue weighted by molar-refractivity contribution is 6.11. The highest BCUT2D eigenvalue weighted by Crippen LogP contribution is 2.26. The number of hydrogen-bond donors (Lipinski definition) is 2. The first kappa shape index (κ1) is 20.9. The number of benzene rings is 2. The van der Waals surface area contributed by atoms with Gasteiger partial charge in [-0.15, -0.1) is 0 Å². The van der Waals surface area contributed by atoms with Crippen molar-refractivity contribution in [1.82, 2.24) is 25.0 Å². The molecule has 2 aromatic carbocycles. The van der Waals surface area contributed by atoms with Crippen LogP contribution in [0.1, 0.15) is 21.6 Å². The Labute approximate surface area is 194 Å². The number of nitriles is 1. The molecule has 2 N–H and O–H groups in total. The molecule has 0 aliphatic heterocycles. The summed E-state index contributed by atoms with van der Waals surface area (Å²) in [6, 6.07) is 18.9. The molecule has 0 saturated heterocycles. The topological polar surface area (TPSA) is 122 Å². The lowest BCUT2D eigenvalue weighted by molar-refractivity contribution is 0.102. The van der Waals surface area contributed by atoms with E-state index in [1.54, 1.807) is 42.5 Å². The Morgan fingerprint density at radius 2 is 2.03 bits per heavy atom. The number of methoxy groups -OCH3 is 1. The SMILES string of the molecule is COc1ccc(-c2ccc3c(C(=O)Nc4cnn(Cc5cccc(C#N)c5)c4)n[nH]c3c2)cn1. The summed E-state index contributed by atoms with van der Waals surface area (Å²) >= 11 is 0. The molecule has 0 aliphatic carbocycles. The summed E-state index contributed by atoms with van der Waals surface area (Å²) < 4.78 is 6.80. The van der Waals surface area contributed by atoms with E-state index in [1.165, 1.54) is 0 Å². The van der Waals surface area contributed by atoms with Crippen molar-refractivity contribution in [2.45, 2.75) is 6.54 Å². The molecule has 0 fully saturated rings. The van der Waals surface area contributed by atoms with Crippen molar-refractivity contribution in [2.75, 3.05) is 12.4 Å². The molecule has 9 heteroatoms. The Hall–Kier alpha value is -4.97. The predicted octanol–water partition coefficient (Wildman–Crippen LogP) is 4.00. The molecule has 9 nitrogen and oxygen atoms in total. The Bertz CT molecular complexity index is 1530. The minimum atomic E-state index is -0.337. The van der Waals surface area contributed by atoms with Gasteiger partial charge in [0.05, 0.1) is 42.7 Å². The van der Waals surface area contributed by atoms with E-state index in [2.05, 4.69) is 31.7 Å². The van der Waals surface area contributed by atoms with Gasteiger partial charge in [-0.1, -0.05) is 18.2 Å². The summed E-state index contributed by atoms with van der Waals surface area (Å²) in [4.78, 5) is 17.1. The zero-order valence-electron chi connectivity index (χ0n) is 18.2. The van der Waals surface area contributed by atoms with E-state index < -0.39 is 0 Å².